The predicted octanol–water partition coefficient (Wildman–Crippen LogP) is 4.79. The standard InChI is InChI=1S/C12H22N2.2C2H6/c1-10(2)13-9-11(3)7-8-12(4)14(5)6;2*1-2/h7-9,11-12H,1H2,2-6H3;2*1-2H3. The third kappa shape index (κ3) is 17.5. The van der Waals surface area contributed by atoms with E-state index in [0.29, 0.717) is 12.0 Å². The molecule has 0 aliphatic rings. The lowest BCUT2D eigenvalue weighted by Crippen LogP contribution is -2.22. The number of aliphatic imine (C=N–C) groups is 1. The maximum absolute atomic E-state index is 4.16. The summed E-state index contributed by atoms with van der Waals surface area (Å²) in [4.78, 5) is 6.33. The Kier molecular flexibility index (Phi) is 20.0. The van der Waals surface area contributed by atoms with Crippen LogP contribution in [0.15, 0.2) is 29.4 Å². The van der Waals surface area contributed by atoms with Gasteiger partial charge in [-0.05, 0) is 27.9 Å². The van der Waals surface area contributed by atoms with Crippen molar-refractivity contribution >= 4 is 6.21 Å². The molecule has 0 N–H and O–H groups in total. The highest BCUT2D eigenvalue weighted by Crippen LogP contribution is 2.00. The zero-order chi connectivity index (χ0) is 15.1. The van der Waals surface area contributed by atoms with Gasteiger partial charge < -0.3 is 4.90 Å². The van der Waals surface area contributed by atoms with Gasteiger partial charge in [0.05, 0.1) is 0 Å². The van der Waals surface area contributed by atoms with Crippen LogP contribution in [0.25, 0.3) is 0 Å². The van der Waals surface area contributed by atoms with Gasteiger partial charge in [0.2, 0.25) is 0 Å². The lowest BCUT2D eigenvalue weighted by molar-refractivity contribution is 0.363. The molecule has 0 aliphatic carbocycles. The normalized spacial score (nSPS) is 13.7. The van der Waals surface area contributed by atoms with Crippen LogP contribution in [0.1, 0.15) is 48.5 Å². The Hall–Kier alpha value is -0.890. The number of nitrogens with zero attached hydrogens (tertiary/aromatic N) is 2. The second-order valence-electron chi connectivity index (χ2n) is 3.96. The molecule has 0 saturated heterocycles. The van der Waals surface area contributed by atoms with Crippen LogP contribution in [0, 0.1) is 5.92 Å². The van der Waals surface area contributed by atoms with E-state index in [4.69, 9.17) is 0 Å². The van der Waals surface area contributed by atoms with Gasteiger partial charge in [0.15, 0.2) is 0 Å². The first-order chi connectivity index (χ1) is 8.43. The van der Waals surface area contributed by atoms with Gasteiger partial charge in [0, 0.05) is 23.9 Å². The summed E-state index contributed by atoms with van der Waals surface area (Å²) in [5.74, 6) is 0.370. The van der Waals surface area contributed by atoms with Gasteiger partial charge in [-0.15, -0.1) is 0 Å². The van der Waals surface area contributed by atoms with E-state index in [1.807, 2.05) is 40.8 Å². The van der Waals surface area contributed by atoms with Gasteiger partial charge in [0.1, 0.15) is 0 Å². The average Bonchev–Trinajstić information content (AvgIpc) is 2.38. The Labute approximate surface area is 116 Å². The molecule has 108 valence electrons. The van der Waals surface area contributed by atoms with Crippen molar-refractivity contribution in [2.24, 2.45) is 10.9 Å². The molecule has 0 aromatic carbocycles. The van der Waals surface area contributed by atoms with Gasteiger partial charge in [-0.2, -0.15) is 0 Å². The molecule has 2 nitrogen and oxygen atoms in total. The molecule has 2 heteroatoms. The summed E-state index contributed by atoms with van der Waals surface area (Å²) in [5, 5.41) is 0. The Morgan fingerprint density at radius 1 is 1.06 bits per heavy atom. The third-order valence-electron chi connectivity index (χ3n) is 2.04. The Morgan fingerprint density at radius 3 is 1.83 bits per heavy atom. The van der Waals surface area contributed by atoms with E-state index in [0.717, 1.165) is 5.70 Å². The Balaban J connectivity index is -0.000000506. The fraction of sp³-hybridized carbons (Fsp3) is 0.688. The number of likely N-dealkylation sites (N-methyl/N-ethyl adjacent to an activating group) is 1. The van der Waals surface area contributed by atoms with Crippen LogP contribution >= 0.6 is 0 Å². The summed E-state index contributed by atoms with van der Waals surface area (Å²) in [5.41, 5.74) is 0.853. The van der Waals surface area contributed by atoms with Crippen molar-refractivity contribution in [2.75, 3.05) is 14.1 Å². The monoisotopic (exact) mass is 254 g/mol. The molecule has 0 aromatic heterocycles. The van der Waals surface area contributed by atoms with Crippen LogP contribution in [0.5, 0.6) is 0 Å². The first kappa shape index (κ1) is 22.3. The van der Waals surface area contributed by atoms with Crippen molar-refractivity contribution in [3.05, 3.63) is 24.4 Å². The molecule has 0 saturated carbocycles. The lowest BCUT2D eigenvalue weighted by atomic mass is 10.1. The van der Waals surface area contributed by atoms with Crippen LogP contribution in [0.3, 0.4) is 0 Å². The first-order valence-corrected chi connectivity index (χ1v) is 6.98. The minimum atomic E-state index is 0.370. The highest BCUT2D eigenvalue weighted by Gasteiger charge is 1.98. The first-order valence-electron chi connectivity index (χ1n) is 6.98. The molecule has 0 radical (unpaired) electrons. The van der Waals surface area contributed by atoms with Crippen LogP contribution in [0.2, 0.25) is 0 Å². The number of rotatable bonds is 5. The summed E-state index contributed by atoms with van der Waals surface area (Å²) in [6.07, 6.45) is 6.27. The quantitative estimate of drug-likeness (QED) is 0.509. The van der Waals surface area contributed by atoms with Crippen molar-refractivity contribution < 1.29 is 0 Å². The predicted molar refractivity (Wildman–Crippen MR) is 87.5 cm³/mol. The maximum Gasteiger partial charge on any atom is 0.0297 e. The van der Waals surface area contributed by atoms with Gasteiger partial charge in [0.25, 0.3) is 0 Å². The number of hydrogen-bond acceptors (Lipinski definition) is 2. The average molecular weight is 254 g/mol. The molecule has 0 rings (SSSR count). The zero-order valence-electron chi connectivity index (χ0n) is 14.0. The van der Waals surface area contributed by atoms with Crippen molar-refractivity contribution in [1.82, 2.24) is 4.90 Å². The Bertz CT molecular complexity index is 227. The molecular weight excluding hydrogens is 220 g/mol. The van der Waals surface area contributed by atoms with Crippen molar-refractivity contribution in [1.29, 1.82) is 0 Å². The number of allylic oxidation sites excluding steroid dienone is 2. The molecule has 0 spiro atoms. The van der Waals surface area contributed by atoms with E-state index in [-0.39, 0.29) is 0 Å². The Morgan fingerprint density at radius 2 is 1.50 bits per heavy atom. The maximum atomic E-state index is 4.16. The lowest BCUT2D eigenvalue weighted by Gasteiger charge is -2.15. The summed E-state index contributed by atoms with van der Waals surface area (Å²) >= 11 is 0. The molecule has 0 amide bonds. The van der Waals surface area contributed by atoms with Gasteiger partial charge >= 0.3 is 0 Å². The van der Waals surface area contributed by atoms with Crippen molar-refractivity contribution in [3.8, 4) is 0 Å². The van der Waals surface area contributed by atoms with E-state index in [1.165, 1.54) is 0 Å². The highest BCUT2D eigenvalue weighted by atomic mass is 15.1. The number of hydrogen-bond donors (Lipinski definition) is 0. The molecule has 0 aromatic rings. The largest absolute Gasteiger partial charge is 0.303 e. The van der Waals surface area contributed by atoms with E-state index >= 15 is 0 Å². The summed E-state index contributed by atoms with van der Waals surface area (Å²) < 4.78 is 0. The van der Waals surface area contributed by atoms with Gasteiger partial charge in [-0.3, -0.25) is 4.99 Å². The molecule has 0 fully saturated rings. The molecule has 0 bridgehead atoms. The van der Waals surface area contributed by atoms with Gasteiger partial charge in [-0.1, -0.05) is 53.3 Å². The molecule has 18 heavy (non-hydrogen) atoms. The fourth-order valence-corrected chi connectivity index (χ4v) is 0.803. The van der Waals surface area contributed by atoms with E-state index < -0.39 is 0 Å². The van der Waals surface area contributed by atoms with Crippen molar-refractivity contribution in [3.63, 3.8) is 0 Å². The minimum absolute atomic E-state index is 0.370. The highest BCUT2D eigenvalue weighted by molar-refractivity contribution is 5.63. The van der Waals surface area contributed by atoms with E-state index in [2.05, 4.69) is 56.6 Å². The molecule has 2 atom stereocenters. The second kappa shape index (κ2) is 16.1. The van der Waals surface area contributed by atoms with Gasteiger partial charge in [-0.25, -0.2) is 0 Å². The molecule has 0 aliphatic heterocycles. The zero-order valence-corrected chi connectivity index (χ0v) is 14.0. The van der Waals surface area contributed by atoms with Crippen LogP contribution < -0.4 is 0 Å². The molecule has 2 unspecified atom stereocenters. The SMILES string of the molecule is C=C(C)N=CC(C)C=CC(C)N(C)C.CC.CC. The third-order valence-corrected chi connectivity index (χ3v) is 2.04. The summed E-state index contributed by atoms with van der Waals surface area (Å²) in [7, 11) is 4.14. The van der Waals surface area contributed by atoms with Crippen LogP contribution in [0.4, 0.5) is 0 Å². The van der Waals surface area contributed by atoms with Crippen LogP contribution in [-0.4, -0.2) is 31.3 Å². The smallest absolute Gasteiger partial charge is 0.0297 e. The molecular formula is C16H34N2. The second-order valence-corrected chi connectivity index (χ2v) is 3.96. The van der Waals surface area contributed by atoms with E-state index in [9.17, 15) is 0 Å². The topological polar surface area (TPSA) is 15.6 Å². The van der Waals surface area contributed by atoms with Crippen LogP contribution in [-0.2, 0) is 0 Å². The van der Waals surface area contributed by atoms with Crippen molar-refractivity contribution in [2.45, 2.75) is 54.5 Å². The minimum Gasteiger partial charge on any atom is -0.303 e. The van der Waals surface area contributed by atoms with E-state index in [1.54, 1.807) is 0 Å². The summed E-state index contributed by atoms with van der Waals surface area (Å²) in [6, 6.07) is 0.468. The molecule has 0 heterocycles. The summed E-state index contributed by atoms with van der Waals surface area (Å²) in [6.45, 7) is 17.9. The fourth-order valence-electron chi connectivity index (χ4n) is 0.803.